The van der Waals surface area contributed by atoms with Gasteiger partial charge in [-0.3, -0.25) is 9.59 Å². The Morgan fingerprint density at radius 3 is 1.35 bits per heavy atom. The summed E-state index contributed by atoms with van der Waals surface area (Å²) in [6.07, 6.45) is 2.74. The van der Waals surface area contributed by atoms with Crippen molar-refractivity contribution in [1.82, 2.24) is 10.9 Å². The maximum Gasteiger partial charge on any atom is 3.00 e. The number of nitrogens with zero attached hydrogens (tertiary/aromatic N) is 2. The average molecular weight is 886 g/mol. The van der Waals surface area contributed by atoms with Crippen LogP contribution in [0.5, 0.6) is 23.0 Å². The predicted molar refractivity (Wildman–Crippen MR) is 176 cm³/mol. The molecule has 0 heterocycles. The Kier molecular flexibility index (Phi) is 14.4. The summed E-state index contributed by atoms with van der Waals surface area (Å²) in [4.78, 5) is 23.6. The number of hydrazone groups is 2. The fraction of sp³-hybridized carbons (Fsp3) is 0. The molecule has 1 radical (unpaired) electrons. The van der Waals surface area contributed by atoms with Gasteiger partial charge < -0.3 is 20.4 Å². The molecule has 15 heteroatoms. The molecule has 8 N–H and O–H groups in total. The molecule has 0 saturated carbocycles. The molecule has 0 unspecified atom stereocenters. The first-order valence-electron chi connectivity index (χ1n) is 11.6. The second-order valence-electron chi connectivity index (χ2n) is 8.14. The molecule has 0 fully saturated rings. The van der Waals surface area contributed by atoms with Gasteiger partial charge >= 0.3 is 17.1 Å². The van der Waals surface area contributed by atoms with Gasteiger partial charge in [0, 0.05) is 8.95 Å². The second kappa shape index (κ2) is 17.2. The molecule has 0 aliphatic rings. The number of hydrogen-bond donors (Lipinski definition) is 4. The van der Waals surface area contributed by atoms with Crippen LogP contribution in [0.15, 0.2) is 101 Å². The molecular weight excluding hydrogens is 864 g/mol. The van der Waals surface area contributed by atoms with E-state index in [1.807, 2.05) is 0 Å². The molecule has 43 heavy (non-hydrogen) atoms. The minimum Gasteiger partial charge on any atom is -0.592 e. The molecule has 4 aromatic rings. The van der Waals surface area contributed by atoms with Crippen molar-refractivity contribution in [2.45, 2.75) is 0 Å². The fourth-order valence-corrected chi connectivity index (χ4v) is 5.68. The summed E-state index contributed by atoms with van der Waals surface area (Å²) in [7, 11) is 0. The SMILES string of the molecule is O=C(NN=Cc1cc(Br)cc(Br)c1[OH2+])c1ccccc1O.O=C(NN=Cc1cc(Br)cc(Br)c1[OH2+])c1ccccc1O.[Fe+3]. The summed E-state index contributed by atoms with van der Waals surface area (Å²) in [5.41, 5.74) is 5.96. The van der Waals surface area contributed by atoms with Gasteiger partial charge in [0.25, 0.3) is 23.3 Å². The normalized spacial score (nSPS) is 10.5. The molecule has 0 bridgehead atoms. The number of para-hydroxylation sites is 2. The number of aromatic hydroxyl groups is 2. The van der Waals surface area contributed by atoms with Crippen molar-refractivity contribution >= 4 is 88.0 Å². The van der Waals surface area contributed by atoms with Crippen molar-refractivity contribution in [3.8, 4) is 23.0 Å². The number of amides is 2. The van der Waals surface area contributed by atoms with Crippen molar-refractivity contribution in [3.63, 3.8) is 0 Å². The van der Waals surface area contributed by atoms with E-state index in [0.717, 1.165) is 8.95 Å². The summed E-state index contributed by atoms with van der Waals surface area (Å²) in [5.74, 6) is -0.749. The number of nitrogens with one attached hydrogen (secondary N) is 2. The van der Waals surface area contributed by atoms with Crippen LogP contribution in [-0.4, -0.2) is 44.7 Å². The fourth-order valence-electron chi connectivity index (χ4n) is 3.16. The van der Waals surface area contributed by atoms with Crippen molar-refractivity contribution in [3.05, 3.63) is 113 Å². The van der Waals surface area contributed by atoms with E-state index in [1.54, 1.807) is 48.5 Å². The molecular formula is C28H22Br4FeN4O6+5. The summed E-state index contributed by atoms with van der Waals surface area (Å²) >= 11 is 13.2. The number of halogens is 4. The molecule has 0 aliphatic carbocycles. The van der Waals surface area contributed by atoms with E-state index in [2.05, 4.69) is 84.8 Å². The number of phenolic OH excluding ortho intramolecular Hbond substituents is 2. The van der Waals surface area contributed by atoms with Crippen LogP contribution in [0.4, 0.5) is 0 Å². The van der Waals surface area contributed by atoms with Crippen molar-refractivity contribution in [2.75, 3.05) is 0 Å². The van der Waals surface area contributed by atoms with Crippen LogP contribution in [-0.2, 0) is 17.1 Å². The zero-order valence-electron chi connectivity index (χ0n) is 21.6. The van der Waals surface area contributed by atoms with Crippen LogP contribution in [0, 0.1) is 0 Å². The van der Waals surface area contributed by atoms with Gasteiger partial charge in [0.05, 0.1) is 34.7 Å². The number of benzene rings is 4. The molecule has 0 aliphatic heterocycles. The summed E-state index contributed by atoms with van der Waals surface area (Å²) in [6, 6.07) is 19.3. The Balaban J connectivity index is 0.000000293. The second-order valence-corrected chi connectivity index (χ2v) is 11.7. The van der Waals surface area contributed by atoms with Gasteiger partial charge in [-0.25, -0.2) is 10.9 Å². The van der Waals surface area contributed by atoms with Gasteiger partial charge in [0.2, 0.25) is 0 Å². The van der Waals surface area contributed by atoms with E-state index < -0.39 is 11.8 Å². The number of carbonyl (C=O) groups excluding carboxylic acids is 2. The Bertz CT molecular complexity index is 1560. The zero-order chi connectivity index (χ0) is 30.8. The summed E-state index contributed by atoms with van der Waals surface area (Å²) in [6.45, 7) is 0. The smallest absolute Gasteiger partial charge is 0.592 e. The van der Waals surface area contributed by atoms with Crippen molar-refractivity contribution in [2.24, 2.45) is 10.2 Å². The van der Waals surface area contributed by atoms with E-state index in [9.17, 15) is 19.8 Å². The minimum atomic E-state index is -0.523. The van der Waals surface area contributed by atoms with Crippen LogP contribution in [0.3, 0.4) is 0 Å². The number of rotatable bonds is 6. The molecule has 221 valence electrons. The van der Waals surface area contributed by atoms with Gasteiger partial charge in [-0.2, -0.15) is 10.2 Å². The van der Waals surface area contributed by atoms with Crippen molar-refractivity contribution in [1.29, 1.82) is 0 Å². The van der Waals surface area contributed by atoms with Gasteiger partial charge in [-0.1, -0.05) is 56.1 Å². The maximum absolute atomic E-state index is 11.8. The molecule has 0 spiro atoms. The Morgan fingerprint density at radius 1 is 0.651 bits per heavy atom. The monoisotopic (exact) mass is 882 g/mol. The van der Waals surface area contributed by atoms with E-state index in [1.165, 1.54) is 36.7 Å². The first kappa shape index (κ1) is 36.0. The zero-order valence-corrected chi connectivity index (χ0v) is 29.0. The molecule has 0 aromatic heterocycles. The third kappa shape index (κ3) is 10.5. The van der Waals surface area contributed by atoms with Gasteiger partial charge in [0.15, 0.2) is 0 Å². The summed E-state index contributed by atoms with van der Waals surface area (Å²) in [5, 5.41) is 42.5. The molecule has 0 saturated heterocycles. The molecule has 10 nitrogen and oxygen atoms in total. The molecule has 4 aromatic carbocycles. The number of carbonyl (C=O) groups is 2. The van der Waals surface area contributed by atoms with Crippen LogP contribution in [0.25, 0.3) is 0 Å². The largest absolute Gasteiger partial charge is 3.00 e. The average Bonchev–Trinajstić information content (AvgIpc) is 2.94. The first-order valence-corrected chi connectivity index (χ1v) is 14.8. The van der Waals surface area contributed by atoms with Gasteiger partial charge in [-0.15, -0.1) is 0 Å². The molecule has 4 rings (SSSR count). The third-order valence-electron chi connectivity index (χ3n) is 5.21. The van der Waals surface area contributed by atoms with Crippen LogP contribution in [0.1, 0.15) is 31.8 Å². The van der Waals surface area contributed by atoms with Crippen LogP contribution >= 0.6 is 63.7 Å². The van der Waals surface area contributed by atoms with Crippen LogP contribution < -0.4 is 10.9 Å². The molecule has 2 amide bonds. The number of hydrogen-bond acceptors (Lipinski definition) is 6. The van der Waals surface area contributed by atoms with E-state index in [0.29, 0.717) is 20.1 Å². The Morgan fingerprint density at radius 2 is 1.00 bits per heavy atom. The van der Waals surface area contributed by atoms with Gasteiger partial charge in [-0.05, 0) is 80.4 Å². The standard InChI is InChI=1S/2C14H10Br2N2O3.Fe/c2*15-9-5-8(13(20)11(16)6-9)7-17-18-14(21)10-3-1-2-4-12(10)19;/h2*1-7,19-20H,(H,18,21);/q;;+3/p+2. The first-order chi connectivity index (χ1) is 20.0. The van der Waals surface area contributed by atoms with Crippen LogP contribution in [0.2, 0.25) is 0 Å². The Hall–Kier alpha value is -3.20. The predicted octanol–water partition coefficient (Wildman–Crippen LogP) is 6.24. The Labute approximate surface area is 289 Å². The van der Waals surface area contributed by atoms with E-state index in [-0.39, 0.29) is 51.2 Å². The summed E-state index contributed by atoms with van der Waals surface area (Å²) < 4.78 is 2.81. The maximum atomic E-state index is 11.8. The van der Waals surface area contributed by atoms with E-state index >= 15 is 0 Å². The molecule has 0 atom stereocenters. The minimum absolute atomic E-state index is 0. The van der Waals surface area contributed by atoms with E-state index in [4.69, 9.17) is 10.2 Å². The quantitative estimate of drug-likeness (QED) is 0.0780. The number of phenols is 2. The van der Waals surface area contributed by atoms with Crippen molar-refractivity contribution < 1.29 is 47.1 Å². The third-order valence-corrected chi connectivity index (χ3v) is 7.37. The van der Waals surface area contributed by atoms with Gasteiger partial charge in [0.1, 0.15) is 20.4 Å². The topological polar surface area (TPSA) is 169 Å².